The van der Waals surface area contributed by atoms with Crippen molar-refractivity contribution in [3.8, 4) is 0 Å². The summed E-state index contributed by atoms with van der Waals surface area (Å²) in [6.07, 6.45) is 3.81. The molecule has 0 bridgehead atoms. The predicted molar refractivity (Wildman–Crippen MR) is 100 cm³/mol. The molecular weight excluding hydrogens is 332 g/mol. The third-order valence-corrected chi connectivity index (χ3v) is 4.26. The van der Waals surface area contributed by atoms with E-state index in [9.17, 15) is 14.8 Å². The minimum Gasteiger partial charge on any atom is -0.286 e. The number of rotatable bonds is 10. The number of unbranched alkanes of at least 4 members (excludes halogenated alkanes) is 2. The van der Waals surface area contributed by atoms with Crippen molar-refractivity contribution in [2.24, 2.45) is 5.92 Å². The topological polar surface area (TPSA) is 85.8 Å². The van der Waals surface area contributed by atoms with E-state index in [-0.39, 0.29) is 12.5 Å². The number of anilines is 1. The largest absolute Gasteiger partial charge is 0.286 e. The van der Waals surface area contributed by atoms with Gasteiger partial charge in [-0.3, -0.25) is 25.2 Å². The first-order valence-electron chi connectivity index (χ1n) is 8.86. The lowest BCUT2D eigenvalue weighted by atomic mass is 10.0. The van der Waals surface area contributed by atoms with Crippen LogP contribution < -0.4 is 10.4 Å². The fourth-order valence-corrected chi connectivity index (χ4v) is 2.77. The zero-order valence-corrected chi connectivity index (χ0v) is 15.3. The molecule has 0 radical (unpaired) electrons. The second kappa shape index (κ2) is 9.72. The van der Waals surface area contributed by atoms with E-state index in [0.717, 1.165) is 30.2 Å². The van der Waals surface area contributed by atoms with Crippen molar-refractivity contribution >= 4 is 29.0 Å². The van der Waals surface area contributed by atoms with Gasteiger partial charge in [-0.25, -0.2) is 10.0 Å². The number of nitrogens with zero attached hydrogens (tertiary/aromatic N) is 3. The first-order valence-corrected chi connectivity index (χ1v) is 8.86. The normalized spacial score (nSPS) is 11.8. The van der Waals surface area contributed by atoms with Gasteiger partial charge in [-0.05, 0) is 24.6 Å². The highest BCUT2D eigenvalue weighted by Gasteiger charge is 2.22. The molecule has 0 saturated heterocycles. The van der Waals surface area contributed by atoms with Crippen LogP contribution in [0, 0.1) is 5.92 Å². The van der Waals surface area contributed by atoms with E-state index in [1.54, 1.807) is 12.1 Å². The molecule has 0 saturated carbocycles. The van der Waals surface area contributed by atoms with Gasteiger partial charge in [0.1, 0.15) is 5.82 Å². The number of nitrogens with one attached hydrogen (secondary N) is 1. The van der Waals surface area contributed by atoms with E-state index in [4.69, 9.17) is 0 Å². The van der Waals surface area contributed by atoms with Crippen molar-refractivity contribution < 1.29 is 14.8 Å². The molecule has 2 aromatic rings. The molecule has 1 aromatic heterocycles. The molecule has 1 heterocycles. The van der Waals surface area contributed by atoms with Crippen LogP contribution in [-0.4, -0.2) is 41.2 Å². The Labute approximate surface area is 153 Å². The standard InChI is InChI=1S/C19H26N4O3/c1-3-4-5-9-16(13-23(26)14-24)19(25)21-22(2)18-12-11-15-8-6-7-10-17(15)20-18/h6-8,10-12,14,16,26H,3-5,9,13H2,1-2H3,(H,21,25)/t16-/m1/s1. The van der Waals surface area contributed by atoms with Crippen LogP contribution in [0.4, 0.5) is 5.82 Å². The summed E-state index contributed by atoms with van der Waals surface area (Å²) in [4.78, 5) is 27.8. The first-order chi connectivity index (χ1) is 12.5. The SMILES string of the molecule is CCCCC[C@H](CN(O)C=O)C(=O)NN(C)c1ccc2ccccc2n1. The van der Waals surface area contributed by atoms with Crippen molar-refractivity contribution in [2.75, 3.05) is 18.6 Å². The molecule has 7 heteroatoms. The summed E-state index contributed by atoms with van der Waals surface area (Å²) < 4.78 is 0. The third-order valence-electron chi connectivity index (χ3n) is 4.26. The molecule has 0 aliphatic heterocycles. The number of para-hydroxylation sites is 1. The molecule has 2 amide bonds. The van der Waals surface area contributed by atoms with E-state index >= 15 is 0 Å². The fourth-order valence-electron chi connectivity index (χ4n) is 2.77. The van der Waals surface area contributed by atoms with Crippen LogP contribution in [0.15, 0.2) is 36.4 Å². The highest BCUT2D eigenvalue weighted by atomic mass is 16.5. The van der Waals surface area contributed by atoms with Gasteiger partial charge in [-0.15, -0.1) is 0 Å². The van der Waals surface area contributed by atoms with Gasteiger partial charge in [-0.2, -0.15) is 0 Å². The summed E-state index contributed by atoms with van der Waals surface area (Å²) >= 11 is 0. The molecule has 1 atom stereocenters. The van der Waals surface area contributed by atoms with E-state index in [1.807, 2.05) is 36.4 Å². The van der Waals surface area contributed by atoms with Crippen LogP contribution in [-0.2, 0) is 9.59 Å². The maximum Gasteiger partial charge on any atom is 0.243 e. The number of hydrazine groups is 1. The van der Waals surface area contributed by atoms with Crippen LogP contribution in [0.25, 0.3) is 10.9 Å². The summed E-state index contributed by atoms with van der Waals surface area (Å²) in [6, 6.07) is 11.5. The summed E-state index contributed by atoms with van der Waals surface area (Å²) in [6.45, 7) is 2.05. The minimum absolute atomic E-state index is 0.0297. The molecule has 0 unspecified atom stereocenters. The second-order valence-corrected chi connectivity index (χ2v) is 6.32. The summed E-state index contributed by atoms with van der Waals surface area (Å²) in [7, 11) is 1.72. The molecule has 0 aliphatic carbocycles. The van der Waals surface area contributed by atoms with E-state index in [0.29, 0.717) is 23.7 Å². The lowest BCUT2D eigenvalue weighted by molar-refractivity contribution is -0.154. The molecule has 2 rings (SSSR count). The Balaban J connectivity index is 2.05. The Bertz CT molecular complexity index is 738. The Morgan fingerprint density at radius 3 is 2.77 bits per heavy atom. The van der Waals surface area contributed by atoms with Gasteiger partial charge in [0.05, 0.1) is 18.0 Å². The average Bonchev–Trinajstić information content (AvgIpc) is 2.66. The smallest absolute Gasteiger partial charge is 0.243 e. The molecule has 0 spiro atoms. The van der Waals surface area contributed by atoms with Gasteiger partial charge in [0.25, 0.3) is 0 Å². The van der Waals surface area contributed by atoms with Crippen LogP contribution in [0.2, 0.25) is 0 Å². The molecule has 0 aliphatic rings. The Kier molecular flexibility index (Phi) is 7.35. The molecule has 1 aromatic carbocycles. The van der Waals surface area contributed by atoms with Crippen molar-refractivity contribution in [2.45, 2.75) is 32.6 Å². The van der Waals surface area contributed by atoms with Crippen molar-refractivity contribution in [1.82, 2.24) is 15.5 Å². The fraction of sp³-hybridized carbons (Fsp3) is 0.421. The number of carbonyl (C=O) groups is 2. The van der Waals surface area contributed by atoms with E-state index in [1.165, 1.54) is 0 Å². The number of amides is 2. The monoisotopic (exact) mass is 358 g/mol. The van der Waals surface area contributed by atoms with Gasteiger partial charge in [0.2, 0.25) is 12.3 Å². The van der Waals surface area contributed by atoms with Crippen molar-refractivity contribution in [3.63, 3.8) is 0 Å². The third kappa shape index (κ3) is 5.42. The van der Waals surface area contributed by atoms with Gasteiger partial charge in [-0.1, -0.05) is 44.4 Å². The molecule has 0 fully saturated rings. The van der Waals surface area contributed by atoms with Gasteiger partial charge in [0, 0.05) is 12.4 Å². The van der Waals surface area contributed by atoms with Crippen LogP contribution in [0.1, 0.15) is 32.6 Å². The number of carbonyl (C=O) groups excluding carboxylic acids is 2. The molecule has 140 valence electrons. The molecule has 7 nitrogen and oxygen atoms in total. The van der Waals surface area contributed by atoms with Gasteiger partial charge >= 0.3 is 0 Å². The maximum absolute atomic E-state index is 12.6. The highest BCUT2D eigenvalue weighted by Crippen LogP contribution is 2.17. The second-order valence-electron chi connectivity index (χ2n) is 6.32. The average molecular weight is 358 g/mol. The number of hydroxylamine groups is 2. The Hall–Kier alpha value is -2.67. The molecular formula is C19H26N4O3. The van der Waals surface area contributed by atoms with Gasteiger partial charge in [0.15, 0.2) is 0 Å². The van der Waals surface area contributed by atoms with Crippen LogP contribution in [0.3, 0.4) is 0 Å². The zero-order chi connectivity index (χ0) is 18.9. The van der Waals surface area contributed by atoms with Crippen molar-refractivity contribution in [3.05, 3.63) is 36.4 Å². The Morgan fingerprint density at radius 2 is 2.04 bits per heavy atom. The number of hydrogen-bond acceptors (Lipinski definition) is 5. The quantitative estimate of drug-likeness (QED) is 0.295. The lowest BCUT2D eigenvalue weighted by Crippen LogP contribution is -2.45. The summed E-state index contributed by atoms with van der Waals surface area (Å²) in [5, 5.41) is 12.6. The number of pyridine rings is 1. The van der Waals surface area contributed by atoms with E-state index in [2.05, 4.69) is 17.3 Å². The van der Waals surface area contributed by atoms with Crippen LogP contribution >= 0.6 is 0 Å². The van der Waals surface area contributed by atoms with E-state index < -0.39 is 5.92 Å². The number of fused-ring (bicyclic) bond motifs is 1. The lowest BCUT2D eigenvalue weighted by Gasteiger charge is -2.24. The first kappa shape index (κ1) is 19.7. The highest BCUT2D eigenvalue weighted by molar-refractivity contribution is 5.82. The molecule has 2 N–H and O–H groups in total. The van der Waals surface area contributed by atoms with Crippen molar-refractivity contribution in [1.29, 1.82) is 0 Å². The molecule has 26 heavy (non-hydrogen) atoms. The van der Waals surface area contributed by atoms with Crippen LogP contribution in [0.5, 0.6) is 0 Å². The summed E-state index contributed by atoms with van der Waals surface area (Å²) in [5.41, 5.74) is 3.64. The number of hydrogen-bond donors (Lipinski definition) is 2. The minimum atomic E-state index is -0.486. The zero-order valence-electron chi connectivity index (χ0n) is 15.3. The summed E-state index contributed by atoms with van der Waals surface area (Å²) in [5.74, 6) is -0.125. The van der Waals surface area contributed by atoms with Gasteiger partial charge < -0.3 is 0 Å². The number of aromatic nitrogens is 1. The maximum atomic E-state index is 12.6. The number of benzene rings is 1. The predicted octanol–water partition coefficient (Wildman–Crippen LogP) is 2.75. The Morgan fingerprint density at radius 1 is 1.27 bits per heavy atom.